The molecule has 1 fully saturated rings. The Balaban J connectivity index is 1.96. The van der Waals surface area contributed by atoms with Crippen LogP contribution in [0.3, 0.4) is 0 Å². The Bertz CT molecular complexity index is 276. The van der Waals surface area contributed by atoms with Gasteiger partial charge in [-0.1, -0.05) is 18.2 Å². The molecule has 14 heavy (non-hydrogen) atoms. The number of nitrogens with two attached hydrogens (primary N) is 1. The van der Waals surface area contributed by atoms with E-state index in [0.29, 0.717) is 12.6 Å². The molecule has 0 bridgehead atoms. The van der Waals surface area contributed by atoms with Crippen molar-refractivity contribution >= 4 is 5.69 Å². The first-order valence-electron chi connectivity index (χ1n) is 5.01. The van der Waals surface area contributed by atoms with Gasteiger partial charge in [-0.05, 0) is 18.6 Å². The van der Waals surface area contributed by atoms with Crippen molar-refractivity contribution in [1.29, 1.82) is 0 Å². The van der Waals surface area contributed by atoms with Crippen LogP contribution in [0.5, 0.6) is 0 Å². The van der Waals surface area contributed by atoms with Gasteiger partial charge in [0.05, 0.1) is 6.61 Å². The minimum absolute atomic E-state index is 0.101. The molecule has 3 N–H and O–H groups in total. The Hall–Kier alpha value is -1.06. The molecule has 2 atom stereocenters. The topological polar surface area (TPSA) is 47.3 Å². The van der Waals surface area contributed by atoms with Crippen molar-refractivity contribution in [2.75, 3.05) is 18.5 Å². The molecular weight excluding hydrogens is 176 g/mol. The minimum Gasteiger partial charge on any atom is -0.381 e. The molecule has 1 heterocycles. The summed E-state index contributed by atoms with van der Waals surface area (Å²) >= 11 is 0. The average Bonchev–Trinajstić information content (AvgIpc) is 2.23. The van der Waals surface area contributed by atoms with Crippen LogP contribution >= 0.6 is 0 Å². The highest BCUT2D eigenvalue weighted by Gasteiger charge is 2.21. The smallest absolute Gasteiger partial charge is 0.0637 e. The van der Waals surface area contributed by atoms with E-state index >= 15 is 0 Å². The third-order valence-electron chi connectivity index (χ3n) is 2.53. The lowest BCUT2D eigenvalue weighted by molar-refractivity contribution is 0.0752. The summed E-state index contributed by atoms with van der Waals surface area (Å²) in [5.74, 6) is 0. The second-order valence-corrected chi connectivity index (χ2v) is 3.64. The van der Waals surface area contributed by atoms with E-state index in [0.717, 1.165) is 18.7 Å². The molecule has 0 spiro atoms. The highest BCUT2D eigenvalue weighted by molar-refractivity contribution is 5.43. The predicted molar refractivity (Wildman–Crippen MR) is 57.3 cm³/mol. The van der Waals surface area contributed by atoms with Gasteiger partial charge >= 0.3 is 0 Å². The van der Waals surface area contributed by atoms with Crippen LogP contribution in [0.1, 0.15) is 6.42 Å². The molecular formula is C11H16N2O. The van der Waals surface area contributed by atoms with Gasteiger partial charge in [0.25, 0.3) is 0 Å². The third kappa shape index (κ3) is 2.25. The Labute approximate surface area is 84.3 Å². The molecule has 2 rings (SSSR count). The monoisotopic (exact) mass is 192 g/mol. The molecule has 76 valence electrons. The van der Waals surface area contributed by atoms with E-state index in [4.69, 9.17) is 10.5 Å². The van der Waals surface area contributed by atoms with E-state index in [9.17, 15) is 0 Å². The zero-order chi connectivity index (χ0) is 9.80. The molecule has 1 aromatic carbocycles. The first kappa shape index (κ1) is 9.49. The average molecular weight is 192 g/mol. The molecule has 3 heteroatoms. The van der Waals surface area contributed by atoms with Gasteiger partial charge in [-0.2, -0.15) is 0 Å². The molecule has 0 aromatic heterocycles. The molecule has 1 aromatic rings. The quantitative estimate of drug-likeness (QED) is 0.740. The summed E-state index contributed by atoms with van der Waals surface area (Å²) in [7, 11) is 0. The standard InChI is InChI=1S/C11H16N2O/c12-10-8-14-7-6-11(10)13-9-4-2-1-3-5-9/h1-5,10-11,13H,6-8,12H2. The van der Waals surface area contributed by atoms with Crippen LogP contribution in [0.2, 0.25) is 0 Å². The predicted octanol–water partition coefficient (Wildman–Crippen LogP) is 1.21. The van der Waals surface area contributed by atoms with Crippen molar-refractivity contribution in [1.82, 2.24) is 0 Å². The van der Waals surface area contributed by atoms with Gasteiger partial charge in [0.15, 0.2) is 0 Å². The van der Waals surface area contributed by atoms with Crippen LogP contribution in [0.4, 0.5) is 5.69 Å². The largest absolute Gasteiger partial charge is 0.381 e. The van der Waals surface area contributed by atoms with Crippen molar-refractivity contribution in [3.63, 3.8) is 0 Å². The normalized spacial score (nSPS) is 27.2. The van der Waals surface area contributed by atoms with Gasteiger partial charge in [-0.25, -0.2) is 0 Å². The molecule has 3 nitrogen and oxygen atoms in total. The van der Waals surface area contributed by atoms with Gasteiger partial charge in [0.2, 0.25) is 0 Å². The fourth-order valence-electron chi connectivity index (χ4n) is 1.69. The minimum atomic E-state index is 0.101. The van der Waals surface area contributed by atoms with Crippen LogP contribution in [0, 0.1) is 0 Å². The maximum Gasteiger partial charge on any atom is 0.0637 e. The van der Waals surface area contributed by atoms with Crippen molar-refractivity contribution in [3.8, 4) is 0 Å². The second kappa shape index (κ2) is 4.44. The van der Waals surface area contributed by atoms with Crippen molar-refractivity contribution in [2.45, 2.75) is 18.5 Å². The number of rotatable bonds is 2. The zero-order valence-corrected chi connectivity index (χ0v) is 8.15. The highest BCUT2D eigenvalue weighted by atomic mass is 16.5. The zero-order valence-electron chi connectivity index (χ0n) is 8.15. The maximum atomic E-state index is 5.94. The Morgan fingerprint density at radius 1 is 1.29 bits per heavy atom. The molecule has 0 aliphatic carbocycles. The Kier molecular flexibility index (Phi) is 3.01. The first-order valence-corrected chi connectivity index (χ1v) is 5.01. The van der Waals surface area contributed by atoms with E-state index in [1.807, 2.05) is 18.2 Å². The summed E-state index contributed by atoms with van der Waals surface area (Å²) in [4.78, 5) is 0. The maximum absolute atomic E-state index is 5.94. The van der Waals surface area contributed by atoms with Gasteiger partial charge < -0.3 is 15.8 Å². The summed E-state index contributed by atoms with van der Waals surface area (Å²) in [6, 6.07) is 10.6. The van der Waals surface area contributed by atoms with Gasteiger partial charge in [0.1, 0.15) is 0 Å². The van der Waals surface area contributed by atoms with Crippen LogP contribution < -0.4 is 11.1 Å². The van der Waals surface area contributed by atoms with Gasteiger partial charge in [-0.15, -0.1) is 0 Å². The van der Waals surface area contributed by atoms with Gasteiger partial charge in [0, 0.05) is 24.4 Å². The number of ether oxygens (including phenoxy) is 1. The first-order chi connectivity index (χ1) is 6.86. The fourth-order valence-corrected chi connectivity index (χ4v) is 1.69. The third-order valence-corrected chi connectivity index (χ3v) is 2.53. The van der Waals surface area contributed by atoms with E-state index in [-0.39, 0.29) is 6.04 Å². The van der Waals surface area contributed by atoms with Gasteiger partial charge in [-0.3, -0.25) is 0 Å². The molecule has 1 aliphatic rings. The Morgan fingerprint density at radius 3 is 2.79 bits per heavy atom. The lowest BCUT2D eigenvalue weighted by Gasteiger charge is -2.30. The molecule has 1 saturated heterocycles. The Morgan fingerprint density at radius 2 is 2.07 bits per heavy atom. The molecule has 0 saturated carbocycles. The number of hydrogen-bond acceptors (Lipinski definition) is 3. The summed E-state index contributed by atoms with van der Waals surface area (Å²) in [5, 5.41) is 3.43. The molecule has 1 aliphatic heterocycles. The summed E-state index contributed by atoms with van der Waals surface area (Å²) in [5.41, 5.74) is 7.07. The van der Waals surface area contributed by atoms with Crippen molar-refractivity contribution in [3.05, 3.63) is 30.3 Å². The lowest BCUT2D eigenvalue weighted by atomic mass is 10.0. The van der Waals surface area contributed by atoms with E-state index < -0.39 is 0 Å². The van der Waals surface area contributed by atoms with E-state index in [2.05, 4.69) is 17.4 Å². The molecule has 0 radical (unpaired) electrons. The number of benzene rings is 1. The SMILES string of the molecule is NC1COCCC1Nc1ccccc1. The van der Waals surface area contributed by atoms with E-state index in [1.165, 1.54) is 0 Å². The molecule has 2 unspecified atom stereocenters. The summed E-state index contributed by atoms with van der Waals surface area (Å²) in [6.45, 7) is 1.46. The summed E-state index contributed by atoms with van der Waals surface area (Å²) in [6.07, 6.45) is 0.982. The van der Waals surface area contributed by atoms with Crippen LogP contribution in [0.15, 0.2) is 30.3 Å². The molecule has 0 amide bonds. The fraction of sp³-hybridized carbons (Fsp3) is 0.455. The summed E-state index contributed by atoms with van der Waals surface area (Å²) < 4.78 is 5.28. The number of para-hydroxylation sites is 1. The number of nitrogens with one attached hydrogen (secondary N) is 1. The van der Waals surface area contributed by atoms with Crippen molar-refractivity contribution < 1.29 is 4.74 Å². The van der Waals surface area contributed by atoms with Crippen LogP contribution in [0.25, 0.3) is 0 Å². The lowest BCUT2D eigenvalue weighted by Crippen LogP contribution is -2.47. The van der Waals surface area contributed by atoms with Crippen molar-refractivity contribution in [2.24, 2.45) is 5.73 Å². The van der Waals surface area contributed by atoms with E-state index in [1.54, 1.807) is 0 Å². The number of hydrogen-bond donors (Lipinski definition) is 2. The highest BCUT2D eigenvalue weighted by Crippen LogP contribution is 2.13. The second-order valence-electron chi connectivity index (χ2n) is 3.64. The van der Waals surface area contributed by atoms with Crippen LogP contribution in [-0.4, -0.2) is 25.3 Å². The number of anilines is 1. The van der Waals surface area contributed by atoms with Crippen LogP contribution in [-0.2, 0) is 4.74 Å².